The molecule has 3 nitrogen and oxygen atoms in total. The number of hydrogen-bond donors (Lipinski definition) is 2. The molecule has 2 aromatic carbocycles. The molecule has 1 heterocycles. The summed E-state index contributed by atoms with van der Waals surface area (Å²) in [6, 6.07) is 18.8. The third-order valence-electron chi connectivity index (χ3n) is 3.72. The number of H-pyrrole nitrogens is 1. The first-order chi connectivity index (χ1) is 10.2. The SMILES string of the molecule is Cc1ccc(CCc2[nH]nc(N)c2-c2ccccc2)cc1. The number of benzene rings is 2. The summed E-state index contributed by atoms with van der Waals surface area (Å²) in [6.45, 7) is 2.10. The van der Waals surface area contributed by atoms with Crippen LogP contribution in [0.2, 0.25) is 0 Å². The minimum absolute atomic E-state index is 0.570. The van der Waals surface area contributed by atoms with E-state index < -0.39 is 0 Å². The Morgan fingerprint density at radius 1 is 0.952 bits per heavy atom. The molecule has 0 amide bonds. The van der Waals surface area contributed by atoms with E-state index in [2.05, 4.69) is 53.5 Å². The van der Waals surface area contributed by atoms with Crippen molar-refractivity contribution in [3.8, 4) is 11.1 Å². The van der Waals surface area contributed by atoms with Gasteiger partial charge in [-0.15, -0.1) is 0 Å². The van der Waals surface area contributed by atoms with Crippen molar-refractivity contribution < 1.29 is 0 Å². The van der Waals surface area contributed by atoms with Gasteiger partial charge in [-0.3, -0.25) is 5.10 Å². The van der Waals surface area contributed by atoms with Gasteiger partial charge in [0.25, 0.3) is 0 Å². The second-order valence-electron chi connectivity index (χ2n) is 5.31. The lowest BCUT2D eigenvalue weighted by Crippen LogP contribution is -1.95. The summed E-state index contributed by atoms with van der Waals surface area (Å²) in [5.74, 6) is 0.570. The topological polar surface area (TPSA) is 54.7 Å². The van der Waals surface area contributed by atoms with Crippen LogP contribution in [0, 0.1) is 6.92 Å². The van der Waals surface area contributed by atoms with Gasteiger partial charge in [-0.25, -0.2) is 0 Å². The van der Waals surface area contributed by atoms with E-state index in [9.17, 15) is 0 Å². The first kappa shape index (κ1) is 13.4. The van der Waals surface area contributed by atoms with Crippen LogP contribution in [0.4, 0.5) is 5.82 Å². The lowest BCUT2D eigenvalue weighted by atomic mass is 10.0. The molecule has 0 radical (unpaired) electrons. The molecule has 0 saturated carbocycles. The first-order valence-electron chi connectivity index (χ1n) is 7.18. The molecule has 0 fully saturated rings. The molecule has 0 aliphatic carbocycles. The molecule has 0 atom stereocenters. The zero-order valence-electron chi connectivity index (χ0n) is 12.1. The summed E-state index contributed by atoms with van der Waals surface area (Å²) in [6.07, 6.45) is 1.87. The Hall–Kier alpha value is -2.55. The predicted molar refractivity (Wildman–Crippen MR) is 87.0 cm³/mol. The van der Waals surface area contributed by atoms with Gasteiger partial charge in [-0.2, -0.15) is 5.10 Å². The summed E-state index contributed by atoms with van der Waals surface area (Å²) in [4.78, 5) is 0. The maximum absolute atomic E-state index is 6.02. The largest absolute Gasteiger partial charge is 0.382 e. The van der Waals surface area contributed by atoms with Gasteiger partial charge >= 0.3 is 0 Å². The molecule has 0 aliphatic heterocycles. The molecule has 21 heavy (non-hydrogen) atoms. The van der Waals surface area contributed by atoms with Gasteiger partial charge in [0, 0.05) is 11.3 Å². The highest BCUT2D eigenvalue weighted by Crippen LogP contribution is 2.28. The summed E-state index contributed by atoms with van der Waals surface area (Å²) < 4.78 is 0. The fraction of sp³-hybridized carbons (Fsp3) is 0.167. The van der Waals surface area contributed by atoms with E-state index in [1.54, 1.807) is 0 Å². The van der Waals surface area contributed by atoms with Crippen LogP contribution in [0.3, 0.4) is 0 Å². The van der Waals surface area contributed by atoms with E-state index in [4.69, 9.17) is 5.73 Å². The van der Waals surface area contributed by atoms with Gasteiger partial charge in [-0.1, -0.05) is 60.2 Å². The highest BCUT2D eigenvalue weighted by molar-refractivity contribution is 5.76. The number of anilines is 1. The Bertz CT molecular complexity index is 712. The predicted octanol–water partition coefficient (Wildman–Crippen LogP) is 3.75. The summed E-state index contributed by atoms with van der Waals surface area (Å²) in [5, 5.41) is 7.25. The molecule has 1 aromatic heterocycles. The summed E-state index contributed by atoms with van der Waals surface area (Å²) in [7, 11) is 0. The van der Waals surface area contributed by atoms with Crippen LogP contribution >= 0.6 is 0 Å². The van der Waals surface area contributed by atoms with Crippen molar-refractivity contribution in [2.45, 2.75) is 19.8 Å². The normalized spacial score (nSPS) is 10.7. The number of nitrogens with one attached hydrogen (secondary N) is 1. The molecule has 3 N–H and O–H groups in total. The van der Waals surface area contributed by atoms with Gasteiger partial charge < -0.3 is 5.73 Å². The van der Waals surface area contributed by atoms with Crippen LogP contribution in [-0.4, -0.2) is 10.2 Å². The maximum Gasteiger partial charge on any atom is 0.153 e. The average Bonchev–Trinajstić information content (AvgIpc) is 2.88. The van der Waals surface area contributed by atoms with E-state index in [0.29, 0.717) is 5.82 Å². The van der Waals surface area contributed by atoms with Gasteiger partial charge in [0.2, 0.25) is 0 Å². The lowest BCUT2D eigenvalue weighted by Gasteiger charge is -2.05. The van der Waals surface area contributed by atoms with Crippen molar-refractivity contribution in [1.82, 2.24) is 10.2 Å². The fourth-order valence-electron chi connectivity index (χ4n) is 2.53. The molecule has 106 valence electrons. The Balaban J connectivity index is 1.82. The maximum atomic E-state index is 6.02. The molecule has 0 aliphatic rings. The monoisotopic (exact) mass is 277 g/mol. The highest BCUT2D eigenvalue weighted by Gasteiger charge is 2.12. The molecule has 0 spiro atoms. The number of rotatable bonds is 4. The van der Waals surface area contributed by atoms with E-state index in [1.807, 2.05) is 18.2 Å². The van der Waals surface area contributed by atoms with Crippen molar-refractivity contribution in [2.75, 3.05) is 5.73 Å². The van der Waals surface area contributed by atoms with E-state index in [-0.39, 0.29) is 0 Å². The van der Waals surface area contributed by atoms with Crippen molar-refractivity contribution in [2.24, 2.45) is 0 Å². The van der Waals surface area contributed by atoms with E-state index in [0.717, 1.165) is 29.7 Å². The number of aryl methyl sites for hydroxylation is 3. The third kappa shape index (κ3) is 2.97. The Morgan fingerprint density at radius 2 is 1.67 bits per heavy atom. The minimum atomic E-state index is 0.570. The minimum Gasteiger partial charge on any atom is -0.382 e. The van der Waals surface area contributed by atoms with Gasteiger partial charge in [-0.05, 0) is 30.9 Å². The number of nitrogens with two attached hydrogens (primary N) is 1. The standard InChI is InChI=1S/C18H19N3/c1-13-7-9-14(10-8-13)11-12-16-17(18(19)21-20-16)15-5-3-2-4-6-15/h2-10H,11-12H2,1H3,(H3,19,20,21). The molecule has 3 aromatic rings. The summed E-state index contributed by atoms with van der Waals surface area (Å²) in [5.41, 5.74) is 11.9. The number of nitrogens with zero attached hydrogens (tertiary/aromatic N) is 1. The quantitative estimate of drug-likeness (QED) is 0.763. The third-order valence-corrected chi connectivity index (χ3v) is 3.72. The second kappa shape index (κ2) is 5.83. The first-order valence-corrected chi connectivity index (χ1v) is 7.18. The van der Waals surface area contributed by atoms with Gasteiger partial charge in [0.15, 0.2) is 5.82 Å². The second-order valence-corrected chi connectivity index (χ2v) is 5.31. The van der Waals surface area contributed by atoms with Crippen molar-refractivity contribution in [3.63, 3.8) is 0 Å². The zero-order chi connectivity index (χ0) is 14.7. The smallest absolute Gasteiger partial charge is 0.153 e. The van der Waals surface area contributed by atoms with Gasteiger partial charge in [0.1, 0.15) is 0 Å². The van der Waals surface area contributed by atoms with Gasteiger partial charge in [0.05, 0.1) is 0 Å². The summed E-state index contributed by atoms with van der Waals surface area (Å²) >= 11 is 0. The zero-order valence-corrected chi connectivity index (χ0v) is 12.1. The fourth-order valence-corrected chi connectivity index (χ4v) is 2.53. The molecular formula is C18H19N3. The molecule has 3 rings (SSSR count). The molecule has 0 bridgehead atoms. The van der Waals surface area contributed by atoms with Crippen LogP contribution < -0.4 is 5.73 Å². The average molecular weight is 277 g/mol. The van der Waals surface area contributed by atoms with Crippen LogP contribution in [0.15, 0.2) is 54.6 Å². The van der Waals surface area contributed by atoms with E-state index >= 15 is 0 Å². The highest BCUT2D eigenvalue weighted by atomic mass is 15.2. The number of hydrogen-bond acceptors (Lipinski definition) is 2. The Labute approximate surface area is 124 Å². The Morgan fingerprint density at radius 3 is 2.38 bits per heavy atom. The number of nitrogen functional groups attached to an aromatic ring is 1. The van der Waals surface area contributed by atoms with Crippen molar-refractivity contribution >= 4 is 5.82 Å². The van der Waals surface area contributed by atoms with Crippen LogP contribution in [0.5, 0.6) is 0 Å². The molecule has 0 saturated heterocycles. The Kier molecular flexibility index (Phi) is 3.73. The molecule has 3 heteroatoms. The molecular weight excluding hydrogens is 258 g/mol. The number of aromatic nitrogens is 2. The van der Waals surface area contributed by atoms with Crippen LogP contribution in [0.1, 0.15) is 16.8 Å². The lowest BCUT2D eigenvalue weighted by molar-refractivity contribution is 0.894. The van der Waals surface area contributed by atoms with Crippen molar-refractivity contribution in [1.29, 1.82) is 0 Å². The van der Waals surface area contributed by atoms with Crippen molar-refractivity contribution in [3.05, 3.63) is 71.4 Å². The van der Waals surface area contributed by atoms with Crippen LogP contribution in [0.25, 0.3) is 11.1 Å². The molecule has 0 unspecified atom stereocenters. The van der Waals surface area contributed by atoms with Crippen LogP contribution in [-0.2, 0) is 12.8 Å². The number of aromatic amines is 1. The van der Waals surface area contributed by atoms with E-state index in [1.165, 1.54) is 11.1 Å².